The third kappa shape index (κ3) is 2.66. The fourth-order valence-electron chi connectivity index (χ4n) is 2.72. The fourth-order valence-corrected chi connectivity index (χ4v) is 2.72. The molecule has 2 aromatic heterocycles. The molecule has 0 amide bonds. The summed E-state index contributed by atoms with van der Waals surface area (Å²) in [5, 5.41) is 1.10. The number of aryl methyl sites for hydroxylation is 3. The zero-order valence-corrected chi connectivity index (χ0v) is 13.3. The first-order valence-corrected chi connectivity index (χ1v) is 7.35. The van der Waals surface area contributed by atoms with Crippen LogP contribution in [-0.2, 0) is 13.0 Å². The first kappa shape index (κ1) is 14.9. The van der Waals surface area contributed by atoms with E-state index in [1.165, 1.54) is 5.69 Å². The molecule has 4 heteroatoms. The minimum Gasteiger partial charge on any atom is -0.398 e. The topological polar surface area (TPSA) is 47.1 Å². The summed E-state index contributed by atoms with van der Waals surface area (Å²) in [4.78, 5) is 7.05. The normalized spacial score (nSPS) is 11.7. The second-order valence-electron chi connectivity index (χ2n) is 5.78. The largest absolute Gasteiger partial charge is 0.398 e. The van der Waals surface area contributed by atoms with Crippen LogP contribution in [0.4, 0.5) is 5.69 Å². The van der Waals surface area contributed by atoms with E-state index in [0.29, 0.717) is 0 Å². The van der Waals surface area contributed by atoms with E-state index in [9.17, 15) is 0 Å². The van der Waals surface area contributed by atoms with E-state index in [2.05, 4.69) is 50.4 Å². The molecule has 0 atom stereocenters. The van der Waals surface area contributed by atoms with Crippen molar-refractivity contribution in [2.45, 2.75) is 40.2 Å². The van der Waals surface area contributed by atoms with Crippen molar-refractivity contribution in [2.75, 3.05) is 26.4 Å². The zero-order valence-electron chi connectivity index (χ0n) is 13.3. The second kappa shape index (κ2) is 5.83. The van der Waals surface area contributed by atoms with Gasteiger partial charge in [0.2, 0.25) is 0 Å². The van der Waals surface area contributed by atoms with E-state index in [-0.39, 0.29) is 0 Å². The molecule has 4 nitrogen and oxygen atoms in total. The van der Waals surface area contributed by atoms with Crippen molar-refractivity contribution in [3.63, 3.8) is 0 Å². The highest BCUT2D eigenvalue weighted by molar-refractivity contribution is 5.91. The van der Waals surface area contributed by atoms with Crippen LogP contribution in [-0.4, -0.2) is 35.1 Å². The molecule has 0 spiro atoms. The van der Waals surface area contributed by atoms with E-state index in [0.717, 1.165) is 53.9 Å². The smallest absolute Gasteiger partial charge is 0.142 e. The molecule has 0 aliphatic heterocycles. The maximum atomic E-state index is 6.29. The monoisotopic (exact) mass is 274 g/mol. The van der Waals surface area contributed by atoms with Crippen molar-refractivity contribution in [1.29, 1.82) is 0 Å². The summed E-state index contributed by atoms with van der Waals surface area (Å²) in [5.41, 5.74) is 11.7. The quantitative estimate of drug-likeness (QED) is 0.912. The van der Waals surface area contributed by atoms with Gasteiger partial charge in [-0.1, -0.05) is 6.92 Å². The van der Waals surface area contributed by atoms with E-state index in [4.69, 9.17) is 10.7 Å². The molecule has 0 aromatic carbocycles. The molecular formula is C16H26N4. The van der Waals surface area contributed by atoms with E-state index < -0.39 is 0 Å². The van der Waals surface area contributed by atoms with Gasteiger partial charge >= 0.3 is 0 Å². The highest BCUT2D eigenvalue weighted by Gasteiger charge is 2.14. The highest BCUT2D eigenvalue weighted by Crippen LogP contribution is 2.28. The predicted molar refractivity (Wildman–Crippen MR) is 86.2 cm³/mol. The summed E-state index contributed by atoms with van der Waals surface area (Å²) in [7, 11) is 4.21. The highest BCUT2D eigenvalue weighted by atomic mass is 15.1. The van der Waals surface area contributed by atoms with Crippen LogP contribution in [0.2, 0.25) is 0 Å². The van der Waals surface area contributed by atoms with Crippen LogP contribution < -0.4 is 5.73 Å². The third-order valence-corrected chi connectivity index (χ3v) is 3.97. The average molecular weight is 274 g/mol. The molecule has 0 aliphatic carbocycles. The van der Waals surface area contributed by atoms with Crippen LogP contribution in [0.1, 0.15) is 30.3 Å². The van der Waals surface area contributed by atoms with E-state index in [1.54, 1.807) is 0 Å². The molecule has 2 aromatic rings. The van der Waals surface area contributed by atoms with Crippen molar-refractivity contribution in [3.05, 3.63) is 23.0 Å². The lowest BCUT2D eigenvalue weighted by Crippen LogP contribution is -2.15. The molecule has 110 valence electrons. The van der Waals surface area contributed by atoms with Gasteiger partial charge in [0.05, 0.1) is 0 Å². The van der Waals surface area contributed by atoms with Gasteiger partial charge in [-0.05, 0) is 59.0 Å². The number of nitrogen functional groups attached to an aromatic ring is 1. The Labute approximate surface area is 121 Å². The lowest BCUT2D eigenvalue weighted by molar-refractivity contribution is 0.387. The Hall–Kier alpha value is -1.55. The summed E-state index contributed by atoms with van der Waals surface area (Å²) in [6.45, 7) is 8.41. The van der Waals surface area contributed by atoms with Gasteiger partial charge in [-0.15, -0.1) is 0 Å². The summed E-state index contributed by atoms with van der Waals surface area (Å²) >= 11 is 0. The number of fused-ring (bicyclic) bond motifs is 1. The first-order valence-electron chi connectivity index (χ1n) is 7.35. The molecule has 2 rings (SSSR count). The number of anilines is 1. The van der Waals surface area contributed by atoms with Gasteiger partial charge in [0.1, 0.15) is 5.65 Å². The lowest BCUT2D eigenvalue weighted by atomic mass is 10.1. The van der Waals surface area contributed by atoms with Crippen LogP contribution in [0.15, 0.2) is 6.07 Å². The van der Waals surface area contributed by atoms with Gasteiger partial charge in [-0.25, -0.2) is 4.98 Å². The Kier molecular flexibility index (Phi) is 4.33. The molecule has 0 saturated carbocycles. The summed E-state index contributed by atoms with van der Waals surface area (Å²) in [6, 6.07) is 2.17. The van der Waals surface area contributed by atoms with Gasteiger partial charge < -0.3 is 15.2 Å². The summed E-state index contributed by atoms with van der Waals surface area (Å²) in [6.07, 6.45) is 2.04. The number of hydrogen-bond donors (Lipinski definition) is 1. The molecule has 0 fully saturated rings. The van der Waals surface area contributed by atoms with Gasteiger partial charge in [-0.2, -0.15) is 0 Å². The maximum Gasteiger partial charge on any atom is 0.142 e. The lowest BCUT2D eigenvalue weighted by Gasteiger charge is -2.13. The minimum atomic E-state index is 0.890. The number of hydrogen-bond acceptors (Lipinski definition) is 3. The first-order chi connectivity index (χ1) is 9.45. The van der Waals surface area contributed by atoms with Gasteiger partial charge in [0, 0.05) is 29.0 Å². The number of nitrogens with zero attached hydrogens (tertiary/aromatic N) is 3. The standard InChI is InChI=1S/C16H26N4/c1-6-14-12(3)15(17)13-10-11(2)20(16(13)18-14)9-7-8-19(4)5/h10H,6-9H2,1-5H3,(H2,17,18). The number of aromatic nitrogens is 2. The van der Waals surface area contributed by atoms with Crippen molar-refractivity contribution >= 4 is 16.7 Å². The molecule has 0 aliphatic rings. The second-order valence-corrected chi connectivity index (χ2v) is 5.78. The molecule has 0 saturated heterocycles. The van der Waals surface area contributed by atoms with Crippen LogP contribution >= 0.6 is 0 Å². The van der Waals surface area contributed by atoms with Crippen LogP contribution in [0.5, 0.6) is 0 Å². The summed E-state index contributed by atoms with van der Waals surface area (Å²) in [5.74, 6) is 0. The van der Waals surface area contributed by atoms with Crippen LogP contribution in [0.25, 0.3) is 11.0 Å². The van der Waals surface area contributed by atoms with Crippen LogP contribution in [0.3, 0.4) is 0 Å². The number of rotatable bonds is 5. The minimum absolute atomic E-state index is 0.890. The van der Waals surface area contributed by atoms with Crippen molar-refractivity contribution < 1.29 is 0 Å². The molecule has 2 heterocycles. The maximum absolute atomic E-state index is 6.29. The molecule has 2 N–H and O–H groups in total. The third-order valence-electron chi connectivity index (χ3n) is 3.97. The molecular weight excluding hydrogens is 248 g/mol. The summed E-state index contributed by atoms with van der Waals surface area (Å²) < 4.78 is 2.30. The van der Waals surface area contributed by atoms with Crippen molar-refractivity contribution in [3.8, 4) is 0 Å². The average Bonchev–Trinajstić information content (AvgIpc) is 2.71. The Morgan fingerprint density at radius 3 is 2.60 bits per heavy atom. The van der Waals surface area contributed by atoms with Crippen molar-refractivity contribution in [1.82, 2.24) is 14.5 Å². The van der Waals surface area contributed by atoms with E-state index in [1.807, 2.05) is 0 Å². The Morgan fingerprint density at radius 2 is 2.00 bits per heavy atom. The molecule has 0 unspecified atom stereocenters. The van der Waals surface area contributed by atoms with E-state index >= 15 is 0 Å². The number of nitrogens with two attached hydrogens (primary N) is 1. The molecule has 0 bridgehead atoms. The Balaban J connectivity index is 2.44. The zero-order chi connectivity index (χ0) is 14.9. The predicted octanol–water partition coefficient (Wildman–Crippen LogP) is 2.75. The van der Waals surface area contributed by atoms with Gasteiger partial charge in [0.15, 0.2) is 0 Å². The Bertz CT molecular complexity index is 611. The van der Waals surface area contributed by atoms with Gasteiger partial charge in [0.25, 0.3) is 0 Å². The molecule has 20 heavy (non-hydrogen) atoms. The van der Waals surface area contributed by atoms with Gasteiger partial charge in [-0.3, -0.25) is 0 Å². The Morgan fingerprint density at radius 1 is 1.30 bits per heavy atom. The molecule has 0 radical (unpaired) electrons. The van der Waals surface area contributed by atoms with Crippen molar-refractivity contribution in [2.24, 2.45) is 0 Å². The SMILES string of the molecule is CCc1nc2c(cc(C)n2CCCN(C)C)c(N)c1C. The van der Waals surface area contributed by atoms with Crippen LogP contribution in [0, 0.1) is 13.8 Å². The number of pyridine rings is 1. The fraction of sp³-hybridized carbons (Fsp3) is 0.562.